The van der Waals surface area contributed by atoms with Gasteiger partial charge in [-0.25, -0.2) is 4.39 Å². The highest BCUT2D eigenvalue weighted by Gasteiger charge is 2.22. The molecule has 1 aliphatic heterocycles. The van der Waals surface area contributed by atoms with Crippen LogP contribution >= 0.6 is 0 Å². The van der Waals surface area contributed by atoms with Crippen molar-refractivity contribution in [1.82, 2.24) is 15.1 Å². The average Bonchev–Trinajstić information content (AvgIpc) is 3.29. The van der Waals surface area contributed by atoms with E-state index >= 15 is 0 Å². The summed E-state index contributed by atoms with van der Waals surface area (Å²) in [6.45, 7) is 5.38. The van der Waals surface area contributed by atoms with Crippen molar-refractivity contribution in [2.75, 3.05) is 50.0 Å². The van der Waals surface area contributed by atoms with E-state index in [2.05, 4.69) is 25.7 Å². The van der Waals surface area contributed by atoms with E-state index in [-0.39, 0.29) is 29.3 Å². The number of unbranched alkanes of at least 4 members (excludes halogenated alkanes) is 1. The smallest absolute Gasteiger partial charge is 0.315 e. The normalized spacial score (nSPS) is 17.9. The second-order valence-electron chi connectivity index (χ2n) is 8.52. The predicted molar refractivity (Wildman–Crippen MR) is 120 cm³/mol. The number of carbonyl (C=O) groups is 1. The van der Waals surface area contributed by atoms with Gasteiger partial charge in [0.25, 0.3) is 5.89 Å². The number of nitrogens with one attached hydrogen (secondary N) is 2. The first-order chi connectivity index (χ1) is 15.7. The van der Waals surface area contributed by atoms with Crippen molar-refractivity contribution >= 4 is 17.6 Å². The molecule has 32 heavy (non-hydrogen) atoms. The maximum absolute atomic E-state index is 14.7. The first-order valence-corrected chi connectivity index (χ1v) is 11.7. The Morgan fingerprint density at radius 3 is 2.72 bits per heavy atom. The van der Waals surface area contributed by atoms with Crippen molar-refractivity contribution in [2.45, 2.75) is 44.9 Å². The summed E-state index contributed by atoms with van der Waals surface area (Å²) >= 11 is 0. The molecule has 1 amide bonds. The number of aromatic nitrogens is 2. The summed E-state index contributed by atoms with van der Waals surface area (Å²) < 4.78 is 25.6. The van der Waals surface area contributed by atoms with Gasteiger partial charge in [-0.1, -0.05) is 24.4 Å². The molecule has 1 aromatic heterocycles. The van der Waals surface area contributed by atoms with Crippen molar-refractivity contribution < 1.29 is 18.3 Å². The van der Waals surface area contributed by atoms with E-state index in [1.807, 2.05) is 0 Å². The third-order valence-corrected chi connectivity index (χ3v) is 6.15. The highest BCUT2D eigenvalue weighted by molar-refractivity contribution is 5.92. The summed E-state index contributed by atoms with van der Waals surface area (Å²) in [5, 5.41) is 13.9. The Morgan fingerprint density at radius 1 is 1.12 bits per heavy atom. The molecule has 1 aromatic carbocycles. The second-order valence-corrected chi connectivity index (χ2v) is 8.52. The number of hydrogen-bond donors (Lipinski definition) is 2. The van der Waals surface area contributed by atoms with Crippen LogP contribution in [0.2, 0.25) is 0 Å². The van der Waals surface area contributed by atoms with E-state index in [1.165, 1.54) is 12.5 Å². The van der Waals surface area contributed by atoms with Crippen LogP contribution in [-0.2, 0) is 9.53 Å². The van der Waals surface area contributed by atoms with Crippen LogP contribution in [-0.4, -0.2) is 60.4 Å². The average molecular weight is 446 g/mol. The van der Waals surface area contributed by atoms with Crippen molar-refractivity contribution in [3.05, 3.63) is 24.0 Å². The molecule has 2 N–H and O–H groups in total. The maximum atomic E-state index is 14.7. The zero-order chi connectivity index (χ0) is 22.2. The van der Waals surface area contributed by atoms with E-state index in [0.29, 0.717) is 12.2 Å². The summed E-state index contributed by atoms with van der Waals surface area (Å²) in [7, 11) is 0. The molecular weight excluding hydrogens is 413 g/mol. The van der Waals surface area contributed by atoms with E-state index in [9.17, 15) is 9.18 Å². The Bertz CT molecular complexity index is 878. The second kappa shape index (κ2) is 11.4. The van der Waals surface area contributed by atoms with Crippen LogP contribution in [0.15, 0.2) is 22.6 Å². The van der Waals surface area contributed by atoms with Gasteiger partial charge in [0.2, 0.25) is 5.91 Å². The molecule has 4 rings (SSSR count). The van der Waals surface area contributed by atoms with Crippen LogP contribution in [0.1, 0.15) is 44.9 Å². The number of carbonyl (C=O) groups excluding carboxylic acids is 1. The molecule has 2 heterocycles. The van der Waals surface area contributed by atoms with E-state index in [1.54, 1.807) is 12.1 Å². The molecule has 2 aliphatic rings. The Labute approximate surface area is 187 Å². The minimum atomic E-state index is -0.507. The number of benzene rings is 1. The van der Waals surface area contributed by atoms with Gasteiger partial charge in [-0.15, -0.1) is 5.10 Å². The van der Waals surface area contributed by atoms with E-state index in [4.69, 9.17) is 9.15 Å². The Hall–Kier alpha value is -2.52. The summed E-state index contributed by atoms with van der Waals surface area (Å²) in [5.74, 6) is -0.407. The van der Waals surface area contributed by atoms with Crippen molar-refractivity contribution in [3.8, 4) is 11.5 Å². The molecule has 1 saturated heterocycles. The van der Waals surface area contributed by atoms with Gasteiger partial charge in [0, 0.05) is 31.2 Å². The maximum Gasteiger partial charge on any atom is 0.315 e. The van der Waals surface area contributed by atoms with Crippen LogP contribution in [0.4, 0.5) is 16.1 Å². The van der Waals surface area contributed by atoms with Gasteiger partial charge in [-0.2, -0.15) is 0 Å². The quantitative estimate of drug-likeness (QED) is 0.565. The van der Waals surface area contributed by atoms with Gasteiger partial charge < -0.3 is 19.8 Å². The molecular formula is C23H32FN5O3. The largest absolute Gasteiger partial charge is 0.403 e. The van der Waals surface area contributed by atoms with Crippen LogP contribution in [0, 0.1) is 11.7 Å². The summed E-state index contributed by atoms with van der Waals surface area (Å²) in [5.41, 5.74) is 0.661. The van der Waals surface area contributed by atoms with Gasteiger partial charge in [-0.3, -0.25) is 9.69 Å². The van der Waals surface area contributed by atoms with Gasteiger partial charge in [0.1, 0.15) is 5.82 Å². The molecule has 0 unspecified atom stereocenters. The number of halogens is 1. The number of anilines is 2. The molecule has 1 saturated carbocycles. The van der Waals surface area contributed by atoms with Gasteiger partial charge in [0.15, 0.2) is 0 Å². The fourth-order valence-corrected chi connectivity index (χ4v) is 4.26. The topological polar surface area (TPSA) is 92.5 Å². The first kappa shape index (κ1) is 22.7. The summed E-state index contributed by atoms with van der Waals surface area (Å²) in [4.78, 5) is 14.8. The summed E-state index contributed by atoms with van der Waals surface area (Å²) in [6.07, 6.45) is 7.17. The fourth-order valence-electron chi connectivity index (χ4n) is 4.26. The lowest BCUT2D eigenvalue weighted by atomic mass is 9.88. The van der Waals surface area contributed by atoms with Crippen molar-refractivity contribution in [2.24, 2.45) is 5.92 Å². The van der Waals surface area contributed by atoms with Crippen LogP contribution < -0.4 is 10.6 Å². The Balaban J connectivity index is 1.24. The molecule has 0 atom stereocenters. The SMILES string of the molecule is O=C(Nc1ccc(-c2nnc(NCCCCN3CCOCC3)o2)c(F)c1)C1CCCCC1. The van der Waals surface area contributed by atoms with Gasteiger partial charge in [-0.05, 0) is 50.4 Å². The highest BCUT2D eigenvalue weighted by Crippen LogP contribution is 2.28. The number of hydrogen-bond acceptors (Lipinski definition) is 7. The van der Waals surface area contributed by atoms with Crippen molar-refractivity contribution in [1.29, 1.82) is 0 Å². The number of amides is 1. The van der Waals surface area contributed by atoms with Gasteiger partial charge in [0.05, 0.1) is 18.8 Å². The molecule has 9 heteroatoms. The Kier molecular flexibility index (Phi) is 8.06. The fraction of sp³-hybridized carbons (Fsp3) is 0.609. The lowest BCUT2D eigenvalue weighted by Gasteiger charge is -2.26. The monoisotopic (exact) mass is 445 g/mol. The number of nitrogens with zero attached hydrogens (tertiary/aromatic N) is 3. The third kappa shape index (κ3) is 6.26. The molecule has 2 fully saturated rings. The minimum absolute atomic E-state index is 0.0185. The number of ether oxygens (including phenoxy) is 1. The molecule has 1 aliphatic carbocycles. The van der Waals surface area contributed by atoms with Crippen LogP contribution in [0.3, 0.4) is 0 Å². The van der Waals surface area contributed by atoms with E-state index < -0.39 is 5.82 Å². The van der Waals surface area contributed by atoms with Crippen molar-refractivity contribution in [3.63, 3.8) is 0 Å². The number of rotatable bonds is 9. The lowest BCUT2D eigenvalue weighted by Crippen LogP contribution is -2.36. The van der Waals surface area contributed by atoms with E-state index in [0.717, 1.165) is 71.4 Å². The van der Waals surface area contributed by atoms with Gasteiger partial charge >= 0.3 is 6.01 Å². The standard InChI is InChI=1S/C23H32FN5O3/c24-20-16-18(26-21(30)17-6-2-1-3-7-17)8-9-19(20)22-27-28-23(32-22)25-10-4-5-11-29-12-14-31-15-13-29/h8-9,16-17H,1-7,10-15H2,(H,25,28)(H,26,30). The highest BCUT2D eigenvalue weighted by atomic mass is 19.1. The lowest BCUT2D eigenvalue weighted by molar-refractivity contribution is -0.120. The number of morpholine rings is 1. The molecule has 0 spiro atoms. The molecule has 174 valence electrons. The molecule has 2 aromatic rings. The van der Waals surface area contributed by atoms with Crippen LogP contribution in [0.25, 0.3) is 11.5 Å². The molecule has 8 nitrogen and oxygen atoms in total. The predicted octanol–water partition coefficient (Wildman–Crippen LogP) is 3.92. The Morgan fingerprint density at radius 2 is 1.94 bits per heavy atom. The minimum Gasteiger partial charge on any atom is -0.403 e. The van der Waals surface area contributed by atoms with Crippen LogP contribution in [0.5, 0.6) is 0 Å². The summed E-state index contributed by atoms with van der Waals surface area (Å²) in [6, 6.07) is 4.81. The zero-order valence-electron chi connectivity index (χ0n) is 18.4. The molecule has 0 bridgehead atoms. The zero-order valence-corrected chi connectivity index (χ0v) is 18.4. The first-order valence-electron chi connectivity index (χ1n) is 11.7. The third-order valence-electron chi connectivity index (χ3n) is 6.15. The molecule has 0 radical (unpaired) electrons.